The summed E-state index contributed by atoms with van der Waals surface area (Å²) in [6.45, 7) is 5.95. The molecule has 1 heterocycles. The molecule has 1 aliphatic rings. The molecule has 8 heteroatoms. The molecule has 0 aromatic heterocycles. The number of sulfonamides is 1. The van der Waals surface area contributed by atoms with Gasteiger partial charge in [-0.15, -0.1) is 0 Å². The van der Waals surface area contributed by atoms with Crippen molar-refractivity contribution in [2.75, 3.05) is 18.4 Å². The number of piperidine rings is 1. The van der Waals surface area contributed by atoms with Crippen molar-refractivity contribution in [1.29, 1.82) is 0 Å². The van der Waals surface area contributed by atoms with Gasteiger partial charge in [-0.3, -0.25) is 4.79 Å². The molecule has 0 saturated carbocycles. The minimum absolute atomic E-state index is 0.176. The van der Waals surface area contributed by atoms with Crippen molar-refractivity contribution in [3.63, 3.8) is 0 Å². The summed E-state index contributed by atoms with van der Waals surface area (Å²) in [4.78, 5) is 12.8. The van der Waals surface area contributed by atoms with E-state index >= 15 is 0 Å². The molecule has 0 spiro atoms. The molecular formula is C21H24F2N2O3S. The zero-order valence-electron chi connectivity index (χ0n) is 16.6. The van der Waals surface area contributed by atoms with E-state index in [1.807, 2.05) is 19.1 Å². The molecule has 0 aliphatic carbocycles. The first-order valence-electron chi connectivity index (χ1n) is 9.43. The monoisotopic (exact) mass is 422 g/mol. The van der Waals surface area contributed by atoms with Crippen molar-refractivity contribution in [3.8, 4) is 0 Å². The largest absolute Gasteiger partial charge is 0.326 e. The normalized spacial score (nSPS) is 16.0. The fourth-order valence-corrected chi connectivity index (χ4v) is 5.76. The first-order chi connectivity index (χ1) is 13.6. The molecule has 0 radical (unpaired) electrons. The third-order valence-corrected chi connectivity index (χ3v) is 7.42. The summed E-state index contributed by atoms with van der Waals surface area (Å²) in [6, 6.07) is 6.87. The van der Waals surface area contributed by atoms with Gasteiger partial charge >= 0.3 is 0 Å². The predicted molar refractivity (Wildman–Crippen MR) is 107 cm³/mol. The molecule has 1 aliphatic heterocycles. The Balaban J connectivity index is 1.68. The highest BCUT2D eigenvalue weighted by Crippen LogP contribution is 2.29. The highest BCUT2D eigenvalue weighted by Gasteiger charge is 2.33. The molecule has 156 valence electrons. The summed E-state index contributed by atoms with van der Waals surface area (Å²) in [5.74, 6) is -2.73. The van der Waals surface area contributed by atoms with Crippen molar-refractivity contribution in [2.45, 2.75) is 38.5 Å². The van der Waals surface area contributed by atoms with Crippen LogP contribution in [0.2, 0.25) is 0 Å². The van der Waals surface area contributed by atoms with Crippen LogP contribution >= 0.6 is 0 Å². The minimum atomic E-state index is -3.65. The van der Waals surface area contributed by atoms with Crippen molar-refractivity contribution in [2.24, 2.45) is 5.92 Å². The van der Waals surface area contributed by atoms with Gasteiger partial charge in [0.15, 0.2) is 11.6 Å². The van der Waals surface area contributed by atoms with Gasteiger partial charge in [-0.05, 0) is 56.9 Å². The number of anilines is 1. The molecule has 3 rings (SSSR count). The van der Waals surface area contributed by atoms with Gasteiger partial charge in [0.05, 0.1) is 4.90 Å². The molecule has 1 N–H and O–H groups in total. The maximum Gasteiger partial charge on any atom is 0.243 e. The molecular weight excluding hydrogens is 398 g/mol. The lowest BCUT2D eigenvalue weighted by atomic mass is 9.97. The lowest BCUT2D eigenvalue weighted by Crippen LogP contribution is -2.41. The van der Waals surface area contributed by atoms with Crippen molar-refractivity contribution in [1.82, 2.24) is 4.31 Å². The van der Waals surface area contributed by atoms with E-state index in [0.29, 0.717) is 28.9 Å². The van der Waals surface area contributed by atoms with E-state index in [0.717, 1.165) is 17.7 Å². The second-order valence-electron chi connectivity index (χ2n) is 7.52. The molecule has 1 amide bonds. The van der Waals surface area contributed by atoms with Crippen LogP contribution in [0, 0.1) is 38.3 Å². The van der Waals surface area contributed by atoms with Crippen LogP contribution in [0.1, 0.15) is 29.5 Å². The Morgan fingerprint density at radius 2 is 1.59 bits per heavy atom. The Kier molecular flexibility index (Phi) is 6.05. The van der Waals surface area contributed by atoms with Crippen LogP contribution in [0.15, 0.2) is 35.2 Å². The lowest BCUT2D eigenvalue weighted by Gasteiger charge is -2.31. The van der Waals surface area contributed by atoms with Gasteiger partial charge in [0.25, 0.3) is 0 Å². The second-order valence-corrected chi connectivity index (χ2v) is 9.40. The Bertz CT molecular complexity index is 1020. The van der Waals surface area contributed by atoms with E-state index in [9.17, 15) is 22.0 Å². The second kappa shape index (κ2) is 8.20. The standard InChI is InChI=1S/C21H24F2N2O3S/c1-13-10-14(2)20(15(3)11-13)29(27,28)25-8-6-16(7-9-25)21(26)24-17-4-5-18(22)19(23)12-17/h4-5,10-12,16H,6-9H2,1-3H3,(H,24,26). The van der Waals surface area contributed by atoms with Crippen LogP contribution in [0.3, 0.4) is 0 Å². The van der Waals surface area contributed by atoms with Gasteiger partial charge in [-0.2, -0.15) is 4.31 Å². The number of carbonyl (C=O) groups is 1. The lowest BCUT2D eigenvalue weighted by molar-refractivity contribution is -0.120. The van der Waals surface area contributed by atoms with Crippen molar-refractivity contribution in [3.05, 3.63) is 58.7 Å². The summed E-state index contributed by atoms with van der Waals surface area (Å²) < 4.78 is 54.0. The molecule has 2 aromatic rings. The molecule has 5 nitrogen and oxygen atoms in total. The maximum atomic E-state index is 13.3. The van der Waals surface area contributed by atoms with Gasteiger partial charge in [0, 0.05) is 30.8 Å². The average molecular weight is 422 g/mol. The average Bonchev–Trinajstić information content (AvgIpc) is 2.63. The summed E-state index contributed by atoms with van der Waals surface area (Å²) in [6.07, 6.45) is 0.720. The smallest absolute Gasteiger partial charge is 0.243 e. The van der Waals surface area contributed by atoms with Crippen LogP contribution in [-0.2, 0) is 14.8 Å². The first-order valence-corrected chi connectivity index (χ1v) is 10.9. The Labute approximate surface area is 169 Å². The fourth-order valence-electron chi connectivity index (χ4n) is 3.88. The van der Waals surface area contributed by atoms with Gasteiger partial charge in [0.1, 0.15) is 0 Å². The SMILES string of the molecule is Cc1cc(C)c(S(=O)(=O)N2CCC(C(=O)Nc3ccc(F)c(F)c3)CC2)c(C)c1. The fraction of sp³-hybridized carbons (Fsp3) is 0.381. The molecule has 1 saturated heterocycles. The van der Waals surface area contributed by atoms with Gasteiger partial charge in [-0.25, -0.2) is 17.2 Å². The van der Waals surface area contributed by atoms with E-state index in [-0.39, 0.29) is 24.7 Å². The van der Waals surface area contributed by atoms with E-state index in [1.54, 1.807) is 13.8 Å². The van der Waals surface area contributed by atoms with Crippen molar-refractivity contribution >= 4 is 21.6 Å². The zero-order chi connectivity index (χ0) is 21.3. The van der Waals surface area contributed by atoms with Crippen LogP contribution in [-0.4, -0.2) is 31.7 Å². The number of carbonyl (C=O) groups excluding carboxylic acids is 1. The summed E-state index contributed by atoms with van der Waals surface area (Å²) in [5.41, 5.74) is 2.60. The molecule has 29 heavy (non-hydrogen) atoms. The number of hydrogen-bond donors (Lipinski definition) is 1. The Morgan fingerprint density at radius 3 is 2.14 bits per heavy atom. The summed E-state index contributed by atoms with van der Waals surface area (Å²) in [5, 5.41) is 2.58. The van der Waals surface area contributed by atoms with Crippen LogP contribution in [0.5, 0.6) is 0 Å². The Hall–Kier alpha value is -2.32. The third-order valence-electron chi connectivity index (χ3n) is 5.21. The highest BCUT2D eigenvalue weighted by atomic mass is 32.2. The van der Waals surface area contributed by atoms with Gasteiger partial charge in [-0.1, -0.05) is 17.7 Å². The van der Waals surface area contributed by atoms with Gasteiger partial charge < -0.3 is 5.32 Å². The number of benzene rings is 2. The molecule has 0 bridgehead atoms. The highest BCUT2D eigenvalue weighted by molar-refractivity contribution is 7.89. The number of hydrogen-bond acceptors (Lipinski definition) is 3. The molecule has 0 atom stereocenters. The topological polar surface area (TPSA) is 66.5 Å². The number of nitrogens with one attached hydrogen (secondary N) is 1. The first kappa shape index (κ1) is 21.4. The van der Waals surface area contributed by atoms with Gasteiger partial charge in [0.2, 0.25) is 15.9 Å². The van der Waals surface area contributed by atoms with E-state index in [1.165, 1.54) is 10.4 Å². The number of amides is 1. The predicted octanol–water partition coefficient (Wildman–Crippen LogP) is 3.93. The van der Waals surface area contributed by atoms with Crippen LogP contribution in [0.4, 0.5) is 14.5 Å². The number of nitrogens with zero attached hydrogens (tertiary/aromatic N) is 1. The summed E-state index contributed by atoms with van der Waals surface area (Å²) in [7, 11) is -3.65. The number of rotatable bonds is 4. The Morgan fingerprint density at radius 1 is 1.00 bits per heavy atom. The number of aryl methyl sites for hydroxylation is 3. The number of halogens is 2. The third kappa shape index (κ3) is 4.48. The minimum Gasteiger partial charge on any atom is -0.326 e. The molecule has 1 fully saturated rings. The van der Waals surface area contributed by atoms with Crippen molar-refractivity contribution < 1.29 is 22.0 Å². The van der Waals surface area contributed by atoms with Crippen LogP contribution in [0.25, 0.3) is 0 Å². The molecule has 2 aromatic carbocycles. The zero-order valence-corrected chi connectivity index (χ0v) is 17.4. The molecule has 0 unspecified atom stereocenters. The van der Waals surface area contributed by atoms with Crippen LogP contribution < -0.4 is 5.32 Å². The summed E-state index contributed by atoms with van der Waals surface area (Å²) >= 11 is 0. The van der Waals surface area contributed by atoms with E-state index in [4.69, 9.17) is 0 Å². The maximum absolute atomic E-state index is 13.3. The quantitative estimate of drug-likeness (QED) is 0.812. The van der Waals surface area contributed by atoms with E-state index < -0.39 is 27.6 Å². The van der Waals surface area contributed by atoms with E-state index in [2.05, 4.69) is 5.32 Å².